The van der Waals surface area contributed by atoms with Gasteiger partial charge in [-0.1, -0.05) is 55.0 Å². The van der Waals surface area contributed by atoms with Crippen molar-refractivity contribution in [1.82, 2.24) is 0 Å². The van der Waals surface area contributed by atoms with Crippen LogP contribution in [-0.2, 0) is 6.42 Å². The van der Waals surface area contributed by atoms with Gasteiger partial charge in [0.25, 0.3) is 0 Å². The van der Waals surface area contributed by atoms with Gasteiger partial charge >= 0.3 is 0 Å². The standard InChI is InChI=1S/C18H29BrS/c1-2-3-4-5-6-7-8-17-13-14-18(20-17)15-9-11-16(19)12-10-15/h13-16H,2-12H2,1H3. The average Bonchev–Trinajstić information content (AvgIpc) is 2.92. The van der Waals surface area contributed by atoms with Gasteiger partial charge in [0.15, 0.2) is 0 Å². The first-order valence-corrected chi connectivity index (χ1v) is 10.3. The molecule has 1 heterocycles. The van der Waals surface area contributed by atoms with Crippen LogP contribution < -0.4 is 0 Å². The van der Waals surface area contributed by atoms with E-state index in [1.165, 1.54) is 70.6 Å². The maximum Gasteiger partial charge on any atom is 0.0146 e. The molecule has 0 N–H and O–H groups in total. The summed E-state index contributed by atoms with van der Waals surface area (Å²) in [4.78, 5) is 4.06. The van der Waals surface area contributed by atoms with Crippen LogP contribution in [0.25, 0.3) is 0 Å². The van der Waals surface area contributed by atoms with Gasteiger partial charge in [0, 0.05) is 14.6 Å². The summed E-state index contributed by atoms with van der Waals surface area (Å²) in [5.74, 6) is 0.854. The predicted molar refractivity (Wildman–Crippen MR) is 95.3 cm³/mol. The van der Waals surface area contributed by atoms with Crippen LogP contribution >= 0.6 is 27.3 Å². The van der Waals surface area contributed by atoms with E-state index in [0.717, 1.165) is 10.7 Å². The van der Waals surface area contributed by atoms with E-state index in [2.05, 4.69) is 46.3 Å². The van der Waals surface area contributed by atoms with Gasteiger partial charge in [-0.15, -0.1) is 11.3 Å². The van der Waals surface area contributed by atoms with E-state index >= 15 is 0 Å². The number of rotatable bonds is 8. The number of unbranched alkanes of at least 4 members (excludes halogenated alkanes) is 5. The molecule has 20 heavy (non-hydrogen) atoms. The zero-order valence-electron chi connectivity index (χ0n) is 12.9. The third-order valence-corrected chi connectivity index (χ3v) is 6.74. The molecule has 1 fully saturated rings. The monoisotopic (exact) mass is 356 g/mol. The largest absolute Gasteiger partial charge is 0.145 e. The Morgan fingerprint density at radius 1 is 1.00 bits per heavy atom. The first-order chi connectivity index (χ1) is 9.79. The van der Waals surface area contributed by atoms with Crippen LogP contribution in [0.2, 0.25) is 0 Å². The van der Waals surface area contributed by atoms with Crippen molar-refractivity contribution < 1.29 is 0 Å². The Morgan fingerprint density at radius 3 is 2.45 bits per heavy atom. The molecule has 0 bridgehead atoms. The van der Waals surface area contributed by atoms with E-state index in [4.69, 9.17) is 0 Å². The van der Waals surface area contributed by atoms with Crippen LogP contribution in [0.4, 0.5) is 0 Å². The Labute approximate surface area is 137 Å². The van der Waals surface area contributed by atoms with E-state index in [0.29, 0.717) is 0 Å². The van der Waals surface area contributed by atoms with E-state index in [1.54, 1.807) is 9.75 Å². The highest BCUT2D eigenvalue weighted by Gasteiger charge is 2.21. The van der Waals surface area contributed by atoms with Crippen LogP contribution in [0.3, 0.4) is 0 Å². The van der Waals surface area contributed by atoms with Gasteiger partial charge < -0.3 is 0 Å². The quantitative estimate of drug-likeness (QED) is 0.345. The molecule has 0 atom stereocenters. The third-order valence-electron chi connectivity index (χ3n) is 4.52. The highest BCUT2D eigenvalue weighted by molar-refractivity contribution is 9.09. The topological polar surface area (TPSA) is 0 Å². The lowest BCUT2D eigenvalue weighted by Crippen LogP contribution is -2.11. The number of hydrogen-bond acceptors (Lipinski definition) is 1. The van der Waals surface area contributed by atoms with Crippen molar-refractivity contribution in [3.8, 4) is 0 Å². The number of alkyl halides is 1. The molecule has 0 aliphatic heterocycles. The summed E-state index contributed by atoms with van der Waals surface area (Å²) in [5.41, 5.74) is 0. The Morgan fingerprint density at radius 2 is 1.70 bits per heavy atom. The summed E-state index contributed by atoms with van der Waals surface area (Å²) >= 11 is 5.85. The summed E-state index contributed by atoms with van der Waals surface area (Å²) in [6, 6.07) is 4.81. The summed E-state index contributed by atoms with van der Waals surface area (Å²) < 4.78 is 0. The van der Waals surface area contributed by atoms with Gasteiger partial charge in [-0.05, 0) is 56.6 Å². The first kappa shape index (κ1) is 16.5. The van der Waals surface area contributed by atoms with Crippen LogP contribution in [0.1, 0.15) is 86.8 Å². The molecule has 0 nitrogen and oxygen atoms in total. The number of thiophene rings is 1. The van der Waals surface area contributed by atoms with Crippen molar-refractivity contribution in [1.29, 1.82) is 0 Å². The summed E-state index contributed by atoms with van der Waals surface area (Å²) in [6.45, 7) is 2.29. The van der Waals surface area contributed by atoms with Crippen LogP contribution in [0, 0.1) is 0 Å². The normalized spacial score (nSPS) is 23.1. The molecule has 0 radical (unpaired) electrons. The molecule has 0 unspecified atom stereocenters. The first-order valence-electron chi connectivity index (χ1n) is 8.52. The molecule has 2 heteroatoms. The molecule has 1 aromatic heterocycles. The molecular weight excluding hydrogens is 328 g/mol. The number of hydrogen-bond donors (Lipinski definition) is 0. The van der Waals surface area contributed by atoms with Crippen LogP contribution in [0.5, 0.6) is 0 Å². The molecule has 1 aromatic rings. The lowest BCUT2D eigenvalue weighted by Gasteiger charge is -2.24. The van der Waals surface area contributed by atoms with Gasteiger partial charge in [0.05, 0.1) is 0 Å². The second kappa shape index (κ2) is 9.25. The maximum absolute atomic E-state index is 3.76. The van der Waals surface area contributed by atoms with E-state index in [1.807, 2.05) is 0 Å². The third kappa shape index (κ3) is 5.52. The van der Waals surface area contributed by atoms with Gasteiger partial charge in [-0.2, -0.15) is 0 Å². The summed E-state index contributed by atoms with van der Waals surface area (Å²) in [5, 5.41) is 0. The average molecular weight is 357 g/mol. The highest BCUT2D eigenvalue weighted by atomic mass is 79.9. The number of aryl methyl sites for hydroxylation is 1. The second-order valence-corrected chi connectivity index (χ2v) is 8.77. The van der Waals surface area contributed by atoms with Crippen molar-refractivity contribution in [3.63, 3.8) is 0 Å². The van der Waals surface area contributed by atoms with Crippen LogP contribution in [-0.4, -0.2) is 4.83 Å². The van der Waals surface area contributed by atoms with Crippen LogP contribution in [0.15, 0.2) is 12.1 Å². The highest BCUT2D eigenvalue weighted by Crippen LogP contribution is 2.38. The lowest BCUT2D eigenvalue weighted by molar-refractivity contribution is 0.462. The molecule has 0 aromatic carbocycles. The van der Waals surface area contributed by atoms with Crippen molar-refractivity contribution in [3.05, 3.63) is 21.9 Å². The fourth-order valence-electron chi connectivity index (χ4n) is 3.17. The molecule has 0 saturated heterocycles. The minimum absolute atomic E-state index is 0.779. The number of halogens is 1. The van der Waals surface area contributed by atoms with Crippen molar-refractivity contribution in [2.45, 2.75) is 88.3 Å². The second-order valence-electron chi connectivity index (χ2n) is 6.27. The predicted octanol–water partition coefficient (Wildman–Crippen LogP) is 7.07. The van der Waals surface area contributed by atoms with Crippen molar-refractivity contribution in [2.24, 2.45) is 0 Å². The molecule has 2 rings (SSSR count). The van der Waals surface area contributed by atoms with Gasteiger partial charge in [-0.3, -0.25) is 0 Å². The fourth-order valence-corrected chi connectivity index (χ4v) is 4.92. The maximum atomic E-state index is 3.76. The van der Waals surface area contributed by atoms with Gasteiger partial charge in [0.2, 0.25) is 0 Å². The minimum Gasteiger partial charge on any atom is -0.145 e. The Hall–Kier alpha value is 0.180. The van der Waals surface area contributed by atoms with Gasteiger partial charge in [-0.25, -0.2) is 0 Å². The molecule has 1 aliphatic carbocycles. The van der Waals surface area contributed by atoms with E-state index in [9.17, 15) is 0 Å². The zero-order chi connectivity index (χ0) is 14.2. The Bertz CT molecular complexity index is 363. The van der Waals surface area contributed by atoms with Crippen molar-refractivity contribution in [2.75, 3.05) is 0 Å². The SMILES string of the molecule is CCCCCCCCc1ccc(C2CCC(Br)CC2)s1. The lowest BCUT2D eigenvalue weighted by atomic mass is 9.88. The van der Waals surface area contributed by atoms with E-state index < -0.39 is 0 Å². The molecule has 1 aliphatic rings. The zero-order valence-corrected chi connectivity index (χ0v) is 15.3. The molecular formula is C18H29BrS. The molecule has 0 amide bonds. The summed E-state index contributed by atoms with van der Waals surface area (Å²) in [7, 11) is 0. The van der Waals surface area contributed by atoms with Crippen molar-refractivity contribution >= 4 is 27.3 Å². The minimum atomic E-state index is 0.779. The van der Waals surface area contributed by atoms with E-state index in [-0.39, 0.29) is 0 Å². The Kier molecular flexibility index (Phi) is 7.65. The Balaban J connectivity index is 1.67. The fraction of sp³-hybridized carbons (Fsp3) is 0.778. The molecule has 0 spiro atoms. The molecule has 114 valence electrons. The van der Waals surface area contributed by atoms with Gasteiger partial charge in [0.1, 0.15) is 0 Å². The smallest absolute Gasteiger partial charge is 0.0146 e. The summed E-state index contributed by atoms with van der Waals surface area (Å²) in [6.07, 6.45) is 15.2. The molecule has 1 saturated carbocycles.